The summed E-state index contributed by atoms with van der Waals surface area (Å²) >= 11 is 0. The number of anilines is 1. The van der Waals surface area contributed by atoms with E-state index in [1.54, 1.807) is 25.1 Å². The van der Waals surface area contributed by atoms with Crippen LogP contribution in [-0.4, -0.2) is 15.0 Å². The Bertz CT molecular complexity index is 490. The molecule has 0 atom stereocenters. The number of hydrogen-bond donors (Lipinski definition) is 2. The molecule has 3 N–H and O–H groups in total. The largest absolute Gasteiger partial charge is 0.398 e. The maximum atomic E-state index is 12.2. The lowest BCUT2D eigenvalue weighted by molar-refractivity contribution is 0.530. The molecular weight excluding hydrogens is 260 g/mol. The quantitative estimate of drug-likeness (QED) is 0.597. The molecule has 0 aliphatic carbocycles. The predicted octanol–water partition coefficient (Wildman–Crippen LogP) is 2.68. The average molecular weight is 284 g/mol. The van der Waals surface area contributed by atoms with Gasteiger partial charge in [-0.25, -0.2) is 13.1 Å². The molecule has 1 aromatic carbocycles. The van der Waals surface area contributed by atoms with Gasteiger partial charge in [-0.2, -0.15) is 0 Å². The van der Waals surface area contributed by atoms with E-state index in [1.165, 1.54) is 0 Å². The monoisotopic (exact) mass is 284 g/mol. The Labute approximate surface area is 116 Å². The number of nitrogens with one attached hydrogen (secondary N) is 1. The zero-order valence-electron chi connectivity index (χ0n) is 11.9. The van der Waals surface area contributed by atoms with E-state index in [0.717, 1.165) is 19.3 Å². The molecule has 0 amide bonds. The number of benzene rings is 1. The van der Waals surface area contributed by atoms with E-state index >= 15 is 0 Å². The van der Waals surface area contributed by atoms with Gasteiger partial charge in [0.2, 0.25) is 10.0 Å². The molecule has 0 unspecified atom stereocenters. The predicted molar refractivity (Wildman–Crippen MR) is 79.5 cm³/mol. The molecule has 1 rings (SSSR count). The van der Waals surface area contributed by atoms with Crippen LogP contribution in [0.5, 0.6) is 0 Å². The highest BCUT2D eigenvalue weighted by Crippen LogP contribution is 2.21. The van der Waals surface area contributed by atoms with Crippen LogP contribution in [0.25, 0.3) is 0 Å². The number of unbranched alkanes of at least 4 members (excludes halogenated alkanes) is 1. The summed E-state index contributed by atoms with van der Waals surface area (Å²) < 4.78 is 27.0. The minimum absolute atomic E-state index is 0.207. The number of hydrogen-bond acceptors (Lipinski definition) is 3. The summed E-state index contributed by atoms with van der Waals surface area (Å²) in [7, 11) is -3.50. The van der Waals surface area contributed by atoms with Gasteiger partial charge in [-0.1, -0.05) is 38.8 Å². The van der Waals surface area contributed by atoms with Gasteiger partial charge in [-0.15, -0.1) is 0 Å². The van der Waals surface area contributed by atoms with Gasteiger partial charge in [0.25, 0.3) is 0 Å². The fourth-order valence-electron chi connectivity index (χ4n) is 2.00. The van der Waals surface area contributed by atoms with Crippen LogP contribution in [0.4, 0.5) is 5.69 Å². The minimum Gasteiger partial charge on any atom is -0.398 e. The highest BCUT2D eigenvalue weighted by atomic mass is 32.2. The van der Waals surface area contributed by atoms with Crippen molar-refractivity contribution >= 4 is 15.7 Å². The van der Waals surface area contributed by atoms with Gasteiger partial charge in [0.05, 0.1) is 5.69 Å². The van der Waals surface area contributed by atoms with Crippen molar-refractivity contribution in [2.75, 3.05) is 12.3 Å². The smallest absolute Gasteiger partial charge is 0.242 e. The summed E-state index contributed by atoms with van der Waals surface area (Å²) in [5.41, 5.74) is 6.73. The Kier molecular flexibility index (Phi) is 5.82. The second-order valence-electron chi connectivity index (χ2n) is 5.28. The lowest BCUT2D eigenvalue weighted by Gasteiger charge is -2.11. The van der Waals surface area contributed by atoms with Crippen molar-refractivity contribution in [2.45, 2.75) is 44.9 Å². The first-order valence-electron chi connectivity index (χ1n) is 6.69. The van der Waals surface area contributed by atoms with Crippen LogP contribution in [0.15, 0.2) is 23.1 Å². The summed E-state index contributed by atoms with van der Waals surface area (Å²) in [6.07, 6.45) is 3.00. The fourth-order valence-corrected chi connectivity index (χ4v) is 3.43. The Hall–Kier alpha value is -1.07. The highest BCUT2D eigenvalue weighted by molar-refractivity contribution is 7.89. The lowest BCUT2D eigenvalue weighted by Crippen LogP contribution is -2.26. The van der Waals surface area contributed by atoms with Crippen LogP contribution < -0.4 is 10.5 Å². The molecule has 0 heterocycles. The standard InChI is InChI=1S/C14H24N2O2S/c1-11(2)7-4-5-10-16-19(17,18)14-12(3)8-6-9-13(14)15/h6,8-9,11,16H,4-5,7,10,15H2,1-3H3. The molecule has 108 valence electrons. The summed E-state index contributed by atoms with van der Waals surface area (Å²) in [6.45, 7) is 6.54. The van der Waals surface area contributed by atoms with Gasteiger partial charge >= 0.3 is 0 Å². The number of nitrogens with two attached hydrogens (primary N) is 1. The Balaban J connectivity index is 2.62. The van der Waals surface area contributed by atoms with Crippen molar-refractivity contribution in [3.05, 3.63) is 23.8 Å². The van der Waals surface area contributed by atoms with Gasteiger partial charge in [-0.05, 0) is 30.9 Å². The van der Waals surface area contributed by atoms with Crippen molar-refractivity contribution in [3.63, 3.8) is 0 Å². The van der Waals surface area contributed by atoms with Gasteiger partial charge in [0.15, 0.2) is 0 Å². The second-order valence-corrected chi connectivity index (χ2v) is 6.98. The van der Waals surface area contributed by atoms with E-state index in [2.05, 4.69) is 18.6 Å². The highest BCUT2D eigenvalue weighted by Gasteiger charge is 2.18. The van der Waals surface area contributed by atoms with Gasteiger partial charge < -0.3 is 5.73 Å². The maximum absolute atomic E-state index is 12.2. The van der Waals surface area contributed by atoms with Crippen molar-refractivity contribution in [2.24, 2.45) is 5.92 Å². The first-order valence-corrected chi connectivity index (χ1v) is 8.17. The number of nitrogen functional groups attached to an aromatic ring is 1. The molecule has 0 saturated heterocycles. The van der Waals surface area contributed by atoms with E-state index in [1.807, 2.05) is 0 Å². The molecule has 0 aliphatic rings. The third kappa shape index (κ3) is 4.84. The molecule has 0 aromatic heterocycles. The molecule has 0 spiro atoms. The van der Waals surface area contributed by atoms with Gasteiger partial charge in [0, 0.05) is 6.54 Å². The van der Waals surface area contributed by atoms with Crippen LogP contribution in [-0.2, 0) is 10.0 Å². The van der Waals surface area contributed by atoms with Crippen molar-refractivity contribution in [1.29, 1.82) is 0 Å². The zero-order valence-corrected chi connectivity index (χ0v) is 12.8. The van der Waals surface area contributed by atoms with E-state index in [0.29, 0.717) is 23.7 Å². The third-order valence-electron chi connectivity index (χ3n) is 3.01. The fraction of sp³-hybridized carbons (Fsp3) is 0.571. The van der Waals surface area contributed by atoms with Crippen LogP contribution >= 0.6 is 0 Å². The van der Waals surface area contributed by atoms with E-state index in [4.69, 9.17) is 5.73 Å². The Morgan fingerprint density at radius 3 is 2.53 bits per heavy atom. The first-order chi connectivity index (χ1) is 8.84. The molecular formula is C14H24N2O2S. The van der Waals surface area contributed by atoms with Gasteiger partial charge in [-0.3, -0.25) is 0 Å². The molecule has 0 bridgehead atoms. The summed E-state index contributed by atoms with van der Waals surface area (Å²) in [5, 5.41) is 0. The van der Waals surface area contributed by atoms with Crippen LogP contribution in [0.3, 0.4) is 0 Å². The maximum Gasteiger partial charge on any atom is 0.242 e. The second kappa shape index (κ2) is 6.91. The van der Waals surface area contributed by atoms with Crippen LogP contribution in [0, 0.1) is 12.8 Å². The van der Waals surface area contributed by atoms with Crippen molar-refractivity contribution in [3.8, 4) is 0 Å². The van der Waals surface area contributed by atoms with Gasteiger partial charge in [0.1, 0.15) is 4.90 Å². The van der Waals surface area contributed by atoms with Crippen molar-refractivity contribution in [1.82, 2.24) is 4.72 Å². The van der Waals surface area contributed by atoms with Crippen molar-refractivity contribution < 1.29 is 8.42 Å². The molecule has 0 fully saturated rings. The van der Waals surface area contributed by atoms with Crippen LogP contribution in [0.1, 0.15) is 38.7 Å². The number of sulfonamides is 1. The molecule has 4 nitrogen and oxygen atoms in total. The Morgan fingerprint density at radius 1 is 1.26 bits per heavy atom. The SMILES string of the molecule is Cc1cccc(N)c1S(=O)(=O)NCCCCC(C)C. The molecule has 0 saturated carbocycles. The topological polar surface area (TPSA) is 72.2 Å². The normalized spacial score (nSPS) is 12.0. The molecule has 1 aromatic rings. The summed E-state index contributed by atoms with van der Waals surface area (Å²) in [4.78, 5) is 0.207. The molecule has 0 radical (unpaired) electrons. The molecule has 0 aliphatic heterocycles. The minimum atomic E-state index is -3.50. The van der Waals surface area contributed by atoms with E-state index in [-0.39, 0.29) is 4.90 Å². The lowest BCUT2D eigenvalue weighted by atomic mass is 10.1. The zero-order chi connectivity index (χ0) is 14.5. The Morgan fingerprint density at radius 2 is 1.95 bits per heavy atom. The van der Waals surface area contributed by atoms with E-state index in [9.17, 15) is 8.42 Å². The first kappa shape index (κ1) is 16.0. The third-order valence-corrected chi connectivity index (χ3v) is 4.69. The van der Waals surface area contributed by atoms with E-state index < -0.39 is 10.0 Å². The number of rotatable bonds is 7. The summed E-state index contributed by atoms with van der Waals surface area (Å²) in [5.74, 6) is 0.656. The number of aryl methyl sites for hydroxylation is 1. The average Bonchev–Trinajstić information content (AvgIpc) is 2.27. The van der Waals surface area contributed by atoms with Crippen LogP contribution in [0.2, 0.25) is 0 Å². The molecule has 19 heavy (non-hydrogen) atoms. The molecule has 5 heteroatoms. The summed E-state index contributed by atoms with van der Waals surface area (Å²) in [6, 6.07) is 5.12.